The van der Waals surface area contributed by atoms with Crippen LogP contribution in [0.25, 0.3) is 0 Å². The van der Waals surface area contributed by atoms with Crippen molar-refractivity contribution in [2.24, 2.45) is 10.7 Å². The van der Waals surface area contributed by atoms with Gasteiger partial charge in [-0.25, -0.2) is 23.7 Å². The molecule has 0 aliphatic carbocycles. The summed E-state index contributed by atoms with van der Waals surface area (Å²) in [5, 5.41) is 2.79. The predicted octanol–water partition coefficient (Wildman–Crippen LogP) is 2.65. The number of amides is 1. The highest BCUT2D eigenvalue weighted by Gasteiger charge is 2.61. The predicted molar refractivity (Wildman–Crippen MR) is 113 cm³/mol. The van der Waals surface area contributed by atoms with Crippen LogP contribution in [0, 0.1) is 5.82 Å². The molecular weight excluding hydrogens is 428 g/mol. The third-order valence-electron chi connectivity index (χ3n) is 5.12. The number of hydrogen-bond donors (Lipinski definition) is 2. The number of carbonyl (C=O) groups excluding carboxylic acids is 1. The Kier molecular flexibility index (Phi) is 5.80. The van der Waals surface area contributed by atoms with Crippen LogP contribution in [0.1, 0.15) is 29.4 Å². The summed E-state index contributed by atoms with van der Waals surface area (Å²) in [7, 11) is 0. The number of thioether (sulfide) groups is 1. The lowest BCUT2D eigenvalue weighted by atomic mass is 9.79. The first-order valence-electron chi connectivity index (χ1n) is 9.68. The first kappa shape index (κ1) is 21.4. The molecule has 2 unspecified atom stereocenters. The number of rotatable bonds is 6. The highest BCUT2D eigenvalue weighted by Crippen LogP contribution is 2.50. The van der Waals surface area contributed by atoms with Gasteiger partial charge in [-0.05, 0) is 24.6 Å². The van der Waals surface area contributed by atoms with Gasteiger partial charge in [0.15, 0.2) is 16.4 Å². The van der Waals surface area contributed by atoms with Crippen molar-refractivity contribution < 1.29 is 23.0 Å². The second kappa shape index (κ2) is 8.39. The van der Waals surface area contributed by atoms with Crippen LogP contribution >= 0.6 is 11.8 Å². The van der Waals surface area contributed by atoms with Crippen LogP contribution in [0.3, 0.4) is 0 Å². The van der Waals surface area contributed by atoms with E-state index in [1.807, 2.05) is 6.92 Å². The zero-order valence-electron chi connectivity index (χ0n) is 16.7. The zero-order valence-corrected chi connectivity index (χ0v) is 17.5. The van der Waals surface area contributed by atoms with Crippen LogP contribution in [0.4, 0.5) is 14.5 Å². The lowest BCUT2D eigenvalue weighted by molar-refractivity contribution is 0.102. The topological polar surface area (TPSA) is 112 Å². The lowest BCUT2D eigenvalue weighted by Gasteiger charge is -2.38. The van der Waals surface area contributed by atoms with Gasteiger partial charge in [0.25, 0.3) is 5.91 Å². The number of alkyl halides is 1. The van der Waals surface area contributed by atoms with Gasteiger partial charge in [0.1, 0.15) is 11.5 Å². The number of aliphatic imine (C=N–C) groups is 1. The molecule has 1 amide bonds. The first-order valence-corrected chi connectivity index (χ1v) is 10.7. The molecule has 11 heteroatoms. The van der Waals surface area contributed by atoms with Crippen molar-refractivity contribution in [3.05, 3.63) is 47.7 Å². The fourth-order valence-electron chi connectivity index (χ4n) is 3.52. The molecule has 2 aliphatic heterocycles. The molecular formula is C20H21F2N5O3S. The number of ether oxygens (including phenoxy) is 2. The van der Waals surface area contributed by atoms with E-state index in [9.17, 15) is 9.18 Å². The fraction of sp³-hybridized carbons (Fsp3) is 0.400. The minimum atomic E-state index is -1.91. The van der Waals surface area contributed by atoms with Crippen molar-refractivity contribution in [3.63, 3.8) is 0 Å². The van der Waals surface area contributed by atoms with Crippen LogP contribution in [-0.2, 0) is 10.3 Å². The molecule has 1 fully saturated rings. The molecule has 2 aliphatic rings. The SMILES string of the molecule is CCCOc1cnc(C(=O)Nc2ccc(F)c(C34COCC3(F)CSC(N)=N4)c2)cn1. The van der Waals surface area contributed by atoms with Crippen molar-refractivity contribution in [2.75, 3.05) is 30.9 Å². The van der Waals surface area contributed by atoms with Crippen LogP contribution in [0.15, 0.2) is 35.6 Å². The number of halogens is 2. The van der Waals surface area contributed by atoms with Crippen LogP contribution < -0.4 is 15.8 Å². The van der Waals surface area contributed by atoms with E-state index in [1.54, 1.807) is 0 Å². The monoisotopic (exact) mass is 449 g/mol. The van der Waals surface area contributed by atoms with E-state index >= 15 is 4.39 Å². The van der Waals surface area contributed by atoms with E-state index in [1.165, 1.54) is 24.5 Å². The number of aromatic nitrogens is 2. The Labute approximate surface area is 181 Å². The largest absolute Gasteiger partial charge is 0.477 e. The minimum Gasteiger partial charge on any atom is -0.477 e. The van der Waals surface area contributed by atoms with E-state index in [-0.39, 0.29) is 41.1 Å². The zero-order chi connectivity index (χ0) is 22.1. The molecule has 2 atom stereocenters. The van der Waals surface area contributed by atoms with E-state index in [0.29, 0.717) is 12.5 Å². The molecule has 3 N–H and O–H groups in total. The average molecular weight is 449 g/mol. The average Bonchev–Trinajstić information content (AvgIpc) is 3.11. The molecule has 1 saturated heterocycles. The molecule has 0 saturated carbocycles. The maximum absolute atomic E-state index is 15.6. The van der Waals surface area contributed by atoms with Crippen molar-refractivity contribution >= 4 is 28.5 Å². The summed E-state index contributed by atoms with van der Waals surface area (Å²) in [4.78, 5) is 24.9. The molecule has 1 aromatic heterocycles. The van der Waals surface area contributed by atoms with Gasteiger partial charge in [-0.1, -0.05) is 18.7 Å². The third-order valence-corrected chi connectivity index (χ3v) is 6.11. The number of hydrogen-bond acceptors (Lipinski definition) is 8. The Morgan fingerprint density at radius 2 is 2.19 bits per heavy atom. The maximum atomic E-state index is 15.6. The van der Waals surface area contributed by atoms with Crippen molar-refractivity contribution in [3.8, 4) is 5.88 Å². The Morgan fingerprint density at radius 1 is 1.35 bits per heavy atom. The van der Waals surface area contributed by atoms with Gasteiger partial charge in [-0.15, -0.1) is 0 Å². The summed E-state index contributed by atoms with van der Waals surface area (Å²) in [5.41, 5.74) is 2.59. The summed E-state index contributed by atoms with van der Waals surface area (Å²) in [5.74, 6) is -0.902. The number of nitrogens with one attached hydrogen (secondary N) is 1. The Bertz CT molecular complexity index is 1020. The molecule has 1 aromatic carbocycles. The Hall–Kier alpha value is -2.79. The van der Waals surface area contributed by atoms with Gasteiger partial charge in [-0.2, -0.15) is 0 Å². The maximum Gasteiger partial charge on any atom is 0.275 e. The minimum absolute atomic E-state index is 0.000397. The number of benzene rings is 1. The van der Waals surface area contributed by atoms with Crippen molar-refractivity contribution in [1.82, 2.24) is 9.97 Å². The third kappa shape index (κ3) is 3.94. The summed E-state index contributed by atoms with van der Waals surface area (Å²) >= 11 is 1.07. The lowest BCUT2D eigenvalue weighted by Crippen LogP contribution is -2.52. The normalized spacial score (nSPS) is 24.9. The molecule has 0 spiro atoms. The fourth-order valence-corrected chi connectivity index (χ4v) is 4.44. The van der Waals surface area contributed by atoms with Crippen LogP contribution in [0.2, 0.25) is 0 Å². The molecule has 8 nitrogen and oxygen atoms in total. The first-order chi connectivity index (χ1) is 14.9. The summed E-state index contributed by atoms with van der Waals surface area (Å²) < 4.78 is 41.1. The molecule has 31 heavy (non-hydrogen) atoms. The molecule has 2 aromatic rings. The number of nitrogens with two attached hydrogens (primary N) is 1. The van der Waals surface area contributed by atoms with E-state index in [4.69, 9.17) is 15.2 Å². The summed E-state index contributed by atoms with van der Waals surface area (Å²) in [6.45, 7) is 2.09. The number of anilines is 1. The van der Waals surface area contributed by atoms with Gasteiger partial charge in [0.05, 0.1) is 32.2 Å². The van der Waals surface area contributed by atoms with Crippen LogP contribution in [0.5, 0.6) is 5.88 Å². The van der Waals surface area contributed by atoms with Gasteiger partial charge in [-0.3, -0.25) is 4.79 Å². The number of amidine groups is 1. The molecule has 3 heterocycles. The number of nitrogens with zero attached hydrogens (tertiary/aromatic N) is 3. The summed E-state index contributed by atoms with van der Waals surface area (Å²) in [6.07, 6.45) is 3.45. The standard InChI is InChI=1S/C20H21F2N5O3S/c1-2-5-30-16-8-24-15(7-25-16)17(28)26-12-3-4-14(21)13(6-12)20-10-29-9-19(20,22)11-31-18(23)27-20/h3-4,6-8H,2,5,9-11H2,1H3,(H2,23,27)(H,26,28). The van der Waals surface area contributed by atoms with Gasteiger partial charge >= 0.3 is 0 Å². The highest BCUT2D eigenvalue weighted by molar-refractivity contribution is 8.13. The number of carbonyl (C=O) groups is 1. The molecule has 0 radical (unpaired) electrons. The van der Waals surface area contributed by atoms with Crippen LogP contribution in [-0.4, -0.2) is 52.3 Å². The second-order valence-corrected chi connectivity index (χ2v) is 8.29. The molecule has 164 valence electrons. The number of fused-ring (bicyclic) bond motifs is 1. The highest BCUT2D eigenvalue weighted by atomic mass is 32.2. The van der Waals surface area contributed by atoms with Gasteiger partial charge in [0, 0.05) is 17.0 Å². The Balaban J connectivity index is 1.60. The van der Waals surface area contributed by atoms with Gasteiger partial charge in [0.2, 0.25) is 5.88 Å². The summed E-state index contributed by atoms with van der Waals surface area (Å²) in [6, 6.07) is 3.88. The van der Waals surface area contributed by atoms with Crippen molar-refractivity contribution in [2.45, 2.75) is 24.6 Å². The van der Waals surface area contributed by atoms with E-state index < -0.39 is 22.9 Å². The van der Waals surface area contributed by atoms with E-state index in [0.717, 1.165) is 24.2 Å². The van der Waals surface area contributed by atoms with Crippen molar-refractivity contribution in [1.29, 1.82) is 0 Å². The van der Waals surface area contributed by atoms with Gasteiger partial charge < -0.3 is 20.5 Å². The Morgan fingerprint density at radius 3 is 2.94 bits per heavy atom. The quantitative estimate of drug-likeness (QED) is 0.697. The smallest absolute Gasteiger partial charge is 0.275 e. The molecule has 0 bridgehead atoms. The molecule has 4 rings (SSSR count). The second-order valence-electron chi connectivity index (χ2n) is 7.29. The van der Waals surface area contributed by atoms with E-state index in [2.05, 4.69) is 20.3 Å².